The zero-order valence-corrected chi connectivity index (χ0v) is 14.3. The molecular weight excluding hydrogens is 322 g/mol. The maximum Gasteiger partial charge on any atom is 0.309 e. The van der Waals surface area contributed by atoms with E-state index in [1.54, 1.807) is 21.9 Å². The number of carboxylic acids is 1. The van der Waals surface area contributed by atoms with Crippen molar-refractivity contribution >= 4 is 17.8 Å². The van der Waals surface area contributed by atoms with Gasteiger partial charge in [0.25, 0.3) is 5.91 Å². The average molecular weight is 345 g/mol. The largest absolute Gasteiger partial charge is 0.481 e. The van der Waals surface area contributed by atoms with E-state index in [1.807, 2.05) is 18.2 Å². The van der Waals surface area contributed by atoms with Crippen molar-refractivity contribution in [3.05, 3.63) is 35.9 Å². The molecule has 0 aromatic heterocycles. The van der Waals surface area contributed by atoms with Gasteiger partial charge in [-0.1, -0.05) is 18.2 Å². The Hall–Kier alpha value is -2.41. The van der Waals surface area contributed by atoms with E-state index in [0.29, 0.717) is 38.3 Å². The number of piperazine rings is 1. The fourth-order valence-corrected chi connectivity index (χ4v) is 3.60. The summed E-state index contributed by atoms with van der Waals surface area (Å²) < 4.78 is 0. The minimum absolute atomic E-state index is 0.0198. The Kier molecular flexibility index (Phi) is 5.03. The van der Waals surface area contributed by atoms with E-state index < -0.39 is 11.9 Å². The predicted molar refractivity (Wildman–Crippen MR) is 91.1 cm³/mol. The van der Waals surface area contributed by atoms with E-state index in [4.69, 9.17) is 0 Å². The van der Waals surface area contributed by atoms with Crippen molar-refractivity contribution in [2.24, 2.45) is 5.92 Å². The van der Waals surface area contributed by atoms with Gasteiger partial charge in [-0.25, -0.2) is 0 Å². The summed E-state index contributed by atoms with van der Waals surface area (Å²) in [5.74, 6) is -1.62. The Balaban J connectivity index is 1.75. The number of carbonyl (C=O) groups excluding carboxylic acids is 2. The minimum Gasteiger partial charge on any atom is -0.481 e. The third kappa shape index (κ3) is 3.82. The fraction of sp³-hybridized carbons (Fsp3) is 0.500. The summed E-state index contributed by atoms with van der Waals surface area (Å²) in [6, 6.07) is 9.11. The molecule has 7 heteroatoms. The summed E-state index contributed by atoms with van der Waals surface area (Å²) in [5, 5.41) is 9.41. The number of rotatable bonds is 2. The van der Waals surface area contributed by atoms with Crippen LogP contribution < -0.4 is 0 Å². The first-order chi connectivity index (χ1) is 12.0. The maximum atomic E-state index is 12.7. The van der Waals surface area contributed by atoms with Gasteiger partial charge >= 0.3 is 5.97 Å². The molecule has 3 rings (SSSR count). The van der Waals surface area contributed by atoms with Crippen LogP contribution >= 0.6 is 0 Å². The predicted octanol–water partition coefficient (Wildman–Crippen LogP) is 0.376. The molecule has 2 fully saturated rings. The molecule has 134 valence electrons. The van der Waals surface area contributed by atoms with E-state index >= 15 is 0 Å². The van der Waals surface area contributed by atoms with Crippen molar-refractivity contribution in [2.45, 2.75) is 13.0 Å². The van der Waals surface area contributed by atoms with Crippen LogP contribution in [-0.2, 0) is 9.59 Å². The molecule has 1 aromatic rings. The second-order valence-electron chi connectivity index (χ2n) is 6.73. The Morgan fingerprint density at radius 1 is 0.960 bits per heavy atom. The lowest BCUT2D eigenvalue weighted by Crippen LogP contribution is -2.57. The molecule has 0 radical (unpaired) electrons. The number of carboxylic acid groups (broad SMARTS) is 1. The third-order valence-electron chi connectivity index (χ3n) is 5.03. The number of aliphatic carboxylic acids is 1. The van der Waals surface area contributed by atoms with Crippen molar-refractivity contribution in [1.29, 1.82) is 0 Å². The Morgan fingerprint density at radius 2 is 1.64 bits per heavy atom. The van der Waals surface area contributed by atoms with Crippen molar-refractivity contribution in [3.8, 4) is 0 Å². The van der Waals surface area contributed by atoms with Gasteiger partial charge in [0.15, 0.2) is 0 Å². The summed E-state index contributed by atoms with van der Waals surface area (Å²) in [5.41, 5.74) is 0.649. The fourth-order valence-electron chi connectivity index (χ4n) is 3.60. The summed E-state index contributed by atoms with van der Waals surface area (Å²) in [7, 11) is 0. The van der Waals surface area contributed by atoms with Crippen LogP contribution in [0.1, 0.15) is 17.3 Å². The van der Waals surface area contributed by atoms with Crippen molar-refractivity contribution in [1.82, 2.24) is 14.7 Å². The molecule has 2 aliphatic heterocycles. The second-order valence-corrected chi connectivity index (χ2v) is 6.73. The molecule has 25 heavy (non-hydrogen) atoms. The van der Waals surface area contributed by atoms with Gasteiger partial charge in [0.05, 0.1) is 5.92 Å². The lowest BCUT2D eigenvalue weighted by Gasteiger charge is -2.41. The molecule has 1 N–H and O–H groups in total. The van der Waals surface area contributed by atoms with Gasteiger partial charge in [-0.05, 0) is 12.1 Å². The number of benzene rings is 1. The van der Waals surface area contributed by atoms with Crippen LogP contribution in [0.15, 0.2) is 30.3 Å². The van der Waals surface area contributed by atoms with E-state index in [2.05, 4.69) is 4.90 Å². The van der Waals surface area contributed by atoms with E-state index in [-0.39, 0.29) is 24.4 Å². The lowest BCUT2D eigenvalue weighted by atomic mass is 10.1. The van der Waals surface area contributed by atoms with Gasteiger partial charge < -0.3 is 14.9 Å². The van der Waals surface area contributed by atoms with Gasteiger partial charge in [-0.2, -0.15) is 0 Å². The van der Waals surface area contributed by atoms with Gasteiger partial charge in [-0.15, -0.1) is 0 Å². The van der Waals surface area contributed by atoms with Crippen LogP contribution in [0.25, 0.3) is 0 Å². The molecule has 2 saturated heterocycles. The van der Waals surface area contributed by atoms with Crippen LogP contribution in [0, 0.1) is 5.92 Å². The molecule has 2 unspecified atom stereocenters. The monoisotopic (exact) mass is 345 g/mol. The number of nitrogens with zero attached hydrogens (tertiary/aromatic N) is 3. The standard InChI is InChI=1S/C18H23N3O4/c1-13(22)21-10-15(18(24)25)9-19-7-8-20(11-16(19)12-21)17(23)14-5-3-2-4-6-14/h2-6,15-16H,7-12H2,1H3,(H,24,25). The zero-order valence-electron chi connectivity index (χ0n) is 14.3. The maximum absolute atomic E-state index is 12.7. The minimum atomic E-state index is -0.880. The normalized spacial score (nSPS) is 24.4. The highest BCUT2D eigenvalue weighted by Crippen LogP contribution is 2.20. The molecule has 2 atom stereocenters. The van der Waals surface area contributed by atoms with Crippen molar-refractivity contribution < 1.29 is 19.5 Å². The molecule has 0 saturated carbocycles. The summed E-state index contributed by atoms with van der Waals surface area (Å²) in [6.45, 7) is 4.25. The summed E-state index contributed by atoms with van der Waals surface area (Å²) >= 11 is 0. The summed E-state index contributed by atoms with van der Waals surface area (Å²) in [4.78, 5) is 41.5. The van der Waals surface area contributed by atoms with Crippen molar-refractivity contribution in [2.75, 3.05) is 39.3 Å². The smallest absolute Gasteiger partial charge is 0.309 e. The highest BCUT2D eigenvalue weighted by Gasteiger charge is 2.38. The highest BCUT2D eigenvalue weighted by atomic mass is 16.4. The Morgan fingerprint density at radius 3 is 2.28 bits per heavy atom. The zero-order chi connectivity index (χ0) is 18.0. The van der Waals surface area contributed by atoms with E-state index in [9.17, 15) is 19.5 Å². The first-order valence-corrected chi connectivity index (χ1v) is 8.52. The van der Waals surface area contributed by atoms with E-state index in [1.165, 1.54) is 6.92 Å². The van der Waals surface area contributed by atoms with Crippen LogP contribution in [0.5, 0.6) is 0 Å². The molecule has 0 spiro atoms. The summed E-state index contributed by atoms with van der Waals surface area (Å²) in [6.07, 6.45) is 0. The third-order valence-corrected chi connectivity index (χ3v) is 5.03. The molecule has 0 aliphatic carbocycles. The highest BCUT2D eigenvalue weighted by molar-refractivity contribution is 5.94. The quantitative estimate of drug-likeness (QED) is 0.838. The molecule has 2 aliphatic rings. The van der Waals surface area contributed by atoms with Crippen LogP contribution in [-0.4, -0.2) is 82.9 Å². The number of amides is 2. The molecule has 0 bridgehead atoms. The Labute approximate surface area is 146 Å². The molecule has 2 amide bonds. The number of carbonyl (C=O) groups is 3. The molecule has 7 nitrogen and oxygen atoms in total. The topological polar surface area (TPSA) is 81.2 Å². The average Bonchev–Trinajstić information content (AvgIpc) is 2.81. The lowest BCUT2D eigenvalue weighted by molar-refractivity contribution is -0.143. The van der Waals surface area contributed by atoms with Gasteiger partial charge in [-0.3, -0.25) is 19.3 Å². The van der Waals surface area contributed by atoms with E-state index in [0.717, 1.165) is 0 Å². The van der Waals surface area contributed by atoms with Crippen LogP contribution in [0.2, 0.25) is 0 Å². The first-order valence-electron chi connectivity index (χ1n) is 8.52. The SMILES string of the molecule is CC(=O)N1CC(C(=O)O)CN2CCN(C(=O)c3ccccc3)CC2C1. The van der Waals surface area contributed by atoms with Gasteiger partial charge in [0.2, 0.25) is 5.91 Å². The first kappa shape index (κ1) is 17.4. The van der Waals surface area contributed by atoms with Gasteiger partial charge in [0.1, 0.15) is 0 Å². The van der Waals surface area contributed by atoms with Gasteiger partial charge in [0, 0.05) is 57.8 Å². The number of hydrogen-bond acceptors (Lipinski definition) is 4. The second kappa shape index (κ2) is 7.23. The molecular formula is C18H23N3O4. The van der Waals surface area contributed by atoms with Crippen LogP contribution in [0.4, 0.5) is 0 Å². The Bertz CT molecular complexity index is 664. The molecule has 1 aromatic carbocycles. The number of fused-ring (bicyclic) bond motifs is 1. The van der Waals surface area contributed by atoms with Crippen molar-refractivity contribution in [3.63, 3.8) is 0 Å². The number of hydrogen-bond donors (Lipinski definition) is 1. The molecule has 2 heterocycles. The van der Waals surface area contributed by atoms with Crippen LogP contribution in [0.3, 0.4) is 0 Å².